The van der Waals surface area contributed by atoms with Crippen LogP contribution < -0.4 is 34.6 Å². The lowest BCUT2D eigenvalue weighted by Gasteiger charge is -2.23. The van der Waals surface area contributed by atoms with E-state index in [4.69, 9.17) is 14.2 Å². The van der Waals surface area contributed by atoms with Crippen molar-refractivity contribution in [3.8, 4) is 17.2 Å². The molecule has 0 unspecified atom stereocenters. The van der Waals surface area contributed by atoms with E-state index < -0.39 is 17.9 Å². The summed E-state index contributed by atoms with van der Waals surface area (Å²) in [5, 5.41) is 5.74. The lowest BCUT2D eigenvalue weighted by Crippen LogP contribution is -2.39. The second kappa shape index (κ2) is 23.9. The van der Waals surface area contributed by atoms with Gasteiger partial charge in [-0.05, 0) is 165 Å². The maximum Gasteiger partial charge on any atom is 0.258 e. The number of nitrogens with zero attached hydrogens (tertiary/aromatic N) is 3. The average molecular weight is 1080 g/mol. The number of Topliss-reactive ketones (excluding diaryl/α,β-unsaturated/α-hetero) is 2. The number of hydrogen-bond donors (Lipinski definition) is 2. The minimum absolute atomic E-state index is 0.00643. The van der Waals surface area contributed by atoms with E-state index in [2.05, 4.69) is 22.8 Å². The number of anilines is 3. The van der Waals surface area contributed by atoms with Crippen LogP contribution in [0, 0.1) is 12.8 Å². The molecule has 5 aromatic carbocycles. The Morgan fingerprint density at radius 2 is 1.19 bits per heavy atom. The summed E-state index contributed by atoms with van der Waals surface area (Å²) in [6.45, 7) is 5.52. The van der Waals surface area contributed by atoms with Crippen LogP contribution in [-0.2, 0) is 67.7 Å². The molecule has 5 aliphatic heterocycles. The number of ether oxygens (including phenoxy) is 3. The van der Waals surface area contributed by atoms with Gasteiger partial charge in [0, 0.05) is 90.6 Å². The summed E-state index contributed by atoms with van der Waals surface area (Å²) in [6, 6.07) is 28.5. The largest absolute Gasteiger partial charge is 0.493 e. The Morgan fingerprint density at radius 1 is 0.637 bits per heavy atom. The Hall–Kier alpha value is -8.40. The fraction of sp³-hybridized carbons (Fsp3) is 0.375. The first-order chi connectivity index (χ1) is 38.6. The van der Waals surface area contributed by atoms with Crippen LogP contribution in [-0.4, -0.2) is 83.7 Å². The molecule has 2 N–H and O–H groups in total. The monoisotopic (exact) mass is 1080 g/mol. The summed E-state index contributed by atoms with van der Waals surface area (Å²) in [7, 11) is 1.54. The van der Waals surface area contributed by atoms with Gasteiger partial charge in [0.25, 0.3) is 23.6 Å². The van der Waals surface area contributed by atoms with E-state index in [-0.39, 0.29) is 98.6 Å². The number of methoxy groups -OCH3 is 1. The van der Waals surface area contributed by atoms with Crippen LogP contribution in [0.15, 0.2) is 103 Å². The summed E-state index contributed by atoms with van der Waals surface area (Å²) < 4.78 is 18.9. The van der Waals surface area contributed by atoms with E-state index in [0.29, 0.717) is 65.3 Å². The number of hydrogen-bond acceptors (Lipinski definition) is 11. The number of imide groups is 1. The van der Waals surface area contributed by atoms with Gasteiger partial charge in [-0.25, -0.2) is 0 Å². The van der Waals surface area contributed by atoms with Gasteiger partial charge in [0.2, 0.25) is 11.8 Å². The molecule has 5 heterocycles. The molecule has 10 rings (SSSR count). The Balaban J connectivity index is 0.793. The maximum absolute atomic E-state index is 14.2. The zero-order valence-corrected chi connectivity index (χ0v) is 45.8. The Morgan fingerprint density at radius 3 is 1.80 bits per heavy atom. The van der Waals surface area contributed by atoms with Gasteiger partial charge in [-0.2, -0.15) is 0 Å². The molecule has 0 aromatic heterocycles. The molecule has 0 saturated heterocycles. The van der Waals surface area contributed by atoms with Crippen molar-refractivity contribution < 1.29 is 52.6 Å². The van der Waals surface area contributed by atoms with Crippen molar-refractivity contribution >= 4 is 64.1 Å². The molecule has 80 heavy (non-hydrogen) atoms. The van der Waals surface area contributed by atoms with Gasteiger partial charge in [0.15, 0.2) is 17.3 Å². The molecule has 16 heteroatoms. The third kappa shape index (κ3) is 11.9. The normalized spacial score (nSPS) is 17.5. The number of fused-ring (bicyclic) bond motifs is 8. The van der Waals surface area contributed by atoms with Crippen molar-refractivity contribution in [1.29, 1.82) is 0 Å². The quantitative estimate of drug-likeness (QED) is 0.0495. The lowest BCUT2D eigenvalue weighted by molar-refractivity contribution is -0.137. The number of nitrogens with one attached hydrogen (secondary N) is 2. The van der Waals surface area contributed by atoms with Crippen molar-refractivity contribution in [2.24, 2.45) is 5.92 Å². The molecular weight excluding hydrogens is 1010 g/mol. The van der Waals surface area contributed by atoms with Crippen LogP contribution in [0.1, 0.15) is 131 Å². The van der Waals surface area contributed by atoms with E-state index in [0.717, 1.165) is 76.2 Å². The van der Waals surface area contributed by atoms with E-state index in [1.54, 1.807) is 33.1 Å². The van der Waals surface area contributed by atoms with E-state index in [1.165, 1.54) is 17.7 Å². The smallest absolute Gasteiger partial charge is 0.258 e. The molecule has 414 valence electrons. The van der Waals surface area contributed by atoms with Crippen LogP contribution in [0.5, 0.6) is 17.2 Å². The second-order valence-electron chi connectivity index (χ2n) is 21.8. The summed E-state index contributed by atoms with van der Waals surface area (Å²) in [5.41, 5.74) is 10.0. The molecule has 4 atom stereocenters. The molecule has 0 radical (unpaired) electrons. The van der Waals surface area contributed by atoms with Crippen LogP contribution in [0.2, 0.25) is 0 Å². The SMILES string of the molecule is COc1cc2c(cc1OCc1cc(COc3cc4c(cc3C)C(=O)N3c5ccccc5C[C@H]3CC4)cc(NC(=O)[C@H](C)CC(=O)[C@H](C)NC(=O)CCCCC(=O)CCCN3C(=O)C=CC3=O)c1)CC[C@@H]1Cc3ccccc3N1C2=O. The number of ketones is 2. The topological polar surface area (TPSA) is 198 Å². The molecule has 0 saturated carbocycles. The minimum atomic E-state index is -0.852. The highest BCUT2D eigenvalue weighted by Crippen LogP contribution is 2.42. The van der Waals surface area contributed by atoms with Crippen molar-refractivity contribution in [2.45, 2.75) is 136 Å². The van der Waals surface area contributed by atoms with Crippen molar-refractivity contribution in [2.75, 3.05) is 28.8 Å². The maximum atomic E-state index is 14.2. The fourth-order valence-electron chi connectivity index (χ4n) is 11.8. The van der Waals surface area contributed by atoms with Crippen LogP contribution in [0.3, 0.4) is 0 Å². The average Bonchev–Trinajstić information content (AvgIpc) is 4.18. The molecule has 0 aliphatic carbocycles. The number of aryl methyl sites for hydroxylation is 3. The van der Waals surface area contributed by atoms with Crippen LogP contribution in [0.4, 0.5) is 17.1 Å². The summed E-state index contributed by atoms with van der Waals surface area (Å²) in [5.74, 6) is -1.17. The molecule has 0 spiro atoms. The molecule has 0 fully saturated rings. The van der Waals surface area contributed by atoms with Gasteiger partial charge < -0.3 is 34.6 Å². The highest BCUT2D eigenvalue weighted by atomic mass is 16.5. The molecule has 5 aromatic rings. The number of carbonyl (C=O) groups is 8. The predicted molar refractivity (Wildman–Crippen MR) is 301 cm³/mol. The van der Waals surface area contributed by atoms with Gasteiger partial charge in [-0.1, -0.05) is 43.3 Å². The van der Waals surface area contributed by atoms with Gasteiger partial charge in [0.05, 0.1) is 13.2 Å². The standard InChI is InChI=1S/C64H67N5O11/c1-38-26-51-43(19-21-48-31-45-12-5-8-16-53(45)68(48)63(51)76)33-56(38)79-36-41-28-42(37-80-58-34-44-20-22-49-32-46-13-6-9-17-54(46)69(49)64(77)52(44)35-57(58)78-4)30-47(29-41)66-62(75)39(2)27-55(71)40(3)65-59(72)18-10-7-14-50(70)15-11-25-67-60(73)23-24-61(67)74/h5-6,8-9,12-13,16-17,23-24,26,28-30,33-35,39-40,48-49H,7,10-11,14-15,18-22,25,27,31-32,36-37H2,1-4H3,(H,65,72)(H,66,75)/t39-,40+,48-,49-/m1/s1. The third-order valence-electron chi connectivity index (χ3n) is 16.1. The Labute approximate surface area is 465 Å². The molecule has 0 bridgehead atoms. The Bertz CT molecular complexity index is 3330. The Kier molecular flexibility index (Phi) is 16.4. The molecular formula is C64H67N5O11. The number of amides is 6. The zero-order valence-electron chi connectivity index (χ0n) is 45.8. The first kappa shape index (κ1) is 54.9. The van der Waals surface area contributed by atoms with E-state index in [1.807, 2.05) is 83.5 Å². The molecule has 5 aliphatic rings. The van der Waals surface area contributed by atoms with Crippen molar-refractivity contribution in [3.63, 3.8) is 0 Å². The number of benzene rings is 5. The lowest BCUT2D eigenvalue weighted by atomic mass is 9.98. The van der Waals surface area contributed by atoms with Gasteiger partial charge >= 0.3 is 0 Å². The number of para-hydroxylation sites is 2. The highest BCUT2D eigenvalue weighted by Gasteiger charge is 2.39. The summed E-state index contributed by atoms with van der Waals surface area (Å²) in [6.07, 6.45) is 8.78. The number of rotatable bonds is 22. The number of unbranched alkanes of at least 4 members (excludes halogenated alkanes) is 1. The third-order valence-corrected chi connectivity index (χ3v) is 16.1. The first-order valence-electron chi connectivity index (χ1n) is 27.9. The summed E-state index contributed by atoms with van der Waals surface area (Å²) in [4.78, 5) is 109. The molecule has 6 amide bonds. The van der Waals surface area contributed by atoms with Crippen LogP contribution in [0.25, 0.3) is 0 Å². The zero-order chi connectivity index (χ0) is 56.2. The van der Waals surface area contributed by atoms with E-state index in [9.17, 15) is 38.4 Å². The molecule has 16 nitrogen and oxygen atoms in total. The predicted octanol–water partition coefficient (Wildman–Crippen LogP) is 9.07. The van der Waals surface area contributed by atoms with E-state index >= 15 is 0 Å². The van der Waals surface area contributed by atoms with Crippen molar-refractivity contribution in [1.82, 2.24) is 10.2 Å². The van der Waals surface area contributed by atoms with Gasteiger partial charge in [-0.15, -0.1) is 0 Å². The fourth-order valence-corrected chi connectivity index (χ4v) is 11.8. The van der Waals surface area contributed by atoms with Gasteiger partial charge in [-0.3, -0.25) is 43.3 Å². The first-order valence-corrected chi connectivity index (χ1v) is 27.9. The second-order valence-corrected chi connectivity index (χ2v) is 21.8. The minimum Gasteiger partial charge on any atom is -0.493 e. The van der Waals surface area contributed by atoms with Gasteiger partial charge in [0.1, 0.15) is 24.7 Å². The summed E-state index contributed by atoms with van der Waals surface area (Å²) >= 11 is 0. The highest BCUT2D eigenvalue weighted by molar-refractivity contribution is 6.13. The van der Waals surface area contributed by atoms with Crippen molar-refractivity contribution in [3.05, 3.63) is 153 Å². The van der Waals surface area contributed by atoms with Crippen LogP contribution >= 0.6 is 0 Å². The number of carbonyl (C=O) groups excluding carboxylic acids is 8.